The Morgan fingerprint density at radius 1 is 1.29 bits per heavy atom. The molecule has 0 aliphatic carbocycles. The maximum Gasteiger partial charge on any atom is 0.120 e. The average molecular weight is 289 g/mol. The van der Waals surface area contributed by atoms with E-state index < -0.39 is 0 Å². The van der Waals surface area contributed by atoms with Crippen molar-refractivity contribution < 1.29 is 9.84 Å². The molecule has 0 bridgehead atoms. The number of nitrogens with zero attached hydrogens (tertiary/aromatic N) is 1. The maximum absolute atomic E-state index is 8.72. The molecule has 0 saturated carbocycles. The first kappa shape index (κ1) is 17.6. The second kappa shape index (κ2) is 8.71. The van der Waals surface area contributed by atoms with Crippen molar-refractivity contribution >= 4 is 0 Å². The smallest absolute Gasteiger partial charge is 0.120 e. The van der Waals surface area contributed by atoms with Crippen LogP contribution in [0.15, 0.2) is 24.3 Å². The summed E-state index contributed by atoms with van der Waals surface area (Å²) >= 11 is 0. The van der Waals surface area contributed by atoms with Gasteiger partial charge in [-0.1, -0.05) is 38.7 Å². The first-order chi connectivity index (χ1) is 9.90. The maximum atomic E-state index is 8.72. The van der Waals surface area contributed by atoms with Gasteiger partial charge in [0.2, 0.25) is 0 Å². The van der Waals surface area contributed by atoms with Gasteiger partial charge in [0.05, 0.1) is 6.61 Å². The van der Waals surface area contributed by atoms with Crippen LogP contribution in [0.25, 0.3) is 0 Å². The monoisotopic (exact) mass is 289 g/mol. The van der Waals surface area contributed by atoms with E-state index in [1.807, 2.05) is 24.3 Å². The fourth-order valence-electron chi connectivity index (χ4n) is 2.09. The van der Waals surface area contributed by atoms with Crippen LogP contribution in [0, 0.1) is 17.3 Å². The Bertz CT molecular complexity index is 480. The van der Waals surface area contributed by atoms with Crippen molar-refractivity contribution in [2.75, 3.05) is 33.4 Å². The van der Waals surface area contributed by atoms with Gasteiger partial charge in [-0.15, -0.1) is 0 Å². The lowest BCUT2D eigenvalue weighted by Crippen LogP contribution is -2.32. The van der Waals surface area contributed by atoms with Gasteiger partial charge in [0.1, 0.15) is 12.4 Å². The number of ether oxygens (including phenoxy) is 1. The highest BCUT2D eigenvalue weighted by molar-refractivity contribution is 5.39. The van der Waals surface area contributed by atoms with Gasteiger partial charge in [0.15, 0.2) is 0 Å². The number of likely N-dealkylation sites (N-methyl/N-ethyl adjacent to an activating group) is 1. The number of benzene rings is 1. The standard InChI is InChI=1S/C18H27NO2/c1-18(2,3)15-19(4)11-13-21-17-10-7-9-16(14-17)8-5-6-12-20/h7,9-10,14,20H,6,11-13,15H2,1-4H3. The summed E-state index contributed by atoms with van der Waals surface area (Å²) in [6, 6.07) is 7.77. The second-order valence-corrected chi connectivity index (χ2v) is 6.45. The number of hydrogen-bond donors (Lipinski definition) is 1. The lowest BCUT2D eigenvalue weighted by molar-refractivity contribution is 0.188. The molecule has 0 unspecified atom stereocenters. The van der Waals surface area contributed by atoms with E-state index in [1.54, 1.807) is 0 Å². The highest BCUT2D eigenvalue weighted by atomic mass is 16.5. The molecular weight excluding hydrogens is 262 g/mol. The van der Waals surface area contributed by atoms with Crippen LogP contribution in [0.4, 0.5) is 0 Å². The van der Waals surface area contributed by atoms with Crippen LogP contribution in [0.2, 0.25) is 0 Å². The van der Waals surface area contributed by atoms with Crippen LogP contribution in [0.5, 0.6) is 5.75 Å². The number of aliphatic hydroxyl groups is 1. The highest BCUT2D eigenvalue weighted by Gasteiger charge is 2.13. The Morgan fingerprint density at radius 2 is 2.05 bits per heavy atom. The summed E-state index contributed by atoms with van der Waals surface area (Å²) in [6.07, 6.45) is 0.503. The van der Waals surface area contributed by atoms with Crippen molar-refractivity contribution in [2.24, 2.45) is 5.41 Å². The number of rotatable bonds is 6. The third-order valence-electron chi connectivity index (χ3n) is 2.79. The third kappa shape index (κ3) is 8.39. The van der Waals surface area contributed by atoms with E-state index in [0.29, 0.717) is 18.4 Å². The van der Waals surface area contributed by atoms with Crippen molar-refractivity contribution in [1.29, 1.82) is 0 Å². The van der Waals surface area contributed by atoms with Crippen molar-refractivity contribution in [3.8, 4) is 17.6 Å². The number of aliphatic hydroxyl groups excluding tert-OH is 1. The minimum Gasteiger partial charge on any atom is -0.492 e. The molecule has 0 heterocycles. The molecule has 0 fully saturated rings. The molecule has 1 aromatic rings. The van der Waals surface area contributed by atoms with Crippen LogP contribution in [-0.4, -0.2) is 43.4 Å². The summed E-state index contributed by atoms with van der Waals surface area (Å²) in [6.45, 7) is 9.42. The zero-order valence-electron chi connectivity index (χ0n) is 13.6. The van der Waals surface area contributed by atoms with Crippen molar-refractivity contribution in [2.45, 2.75) is 27.2 Å². The van der Waals surface area contributed by atoms with Crippen LogP contribution < -0.4 is 4.74 Å². The zero-order chi connectivity index (χ0) is 15.7. The normalized spacial score (nSPS) is 11.1. The molecule has 3 heteroatoms. The van der Waals surface area contributed by atoms with Crippen molar-refractivity contribution in [3.63, 3.8) is 0 Å². The molecule has 0 saturated heterocycles. The molecule has 1 rings (SSSR count). The first-order valence-electron chi connectivity index (χ1n) is 7.42. The van der Waals surface area contributed by atoms with Crippen LogP contribution in [0.3, 0.4) is 0 Å². The van der Waals surface area contributed by atoms with Gasteiger partial charge in [-0.2, -0.15) is 0 Å². The molecule has 0 amide bonds. The average Bonchev–Trinajstić information content (AvgIpc) is 2.37. The van der Waals surface area contributed by atoms with Crippen molar-refractivity contribution in [3.05, 3.63) is 29.8 Å². The van der Waals surface area contributed by atoms with Gasteiger partial charge in [-0.3, -0.25) is 0 Å². The molecule has 116 valence electrons. The number of hydrogen-bond acceptors (Lipinski definition) is 3. The Labute approximate surface area is 128 Å². The summed E-state index contributed by atoms with van der Waals surface area (Å²) in [5, 5.41) is 8.72. The van der Waals surface area contributed by atoms with Crippen LogP contribution in [-0.2, 0) is 0 Å². The largest absolute Gasteiger partial charge is 0.492 e. The predicted octanol–water partition coefficient (Wildman–Crippen LogP) is 2.78. The molecule has 3 nitrogen and oxygen atoms in total. The molecule has 0 aromatic heterocycles. The quantitative estimate of drug-likeness (QED) is 0.817. The van der Waals surface area contributed by atoms with E-state index in [9.17, 15) is 0 Å². The second-order valence-electron chi connectivity index (χ2n) is 6.45. The van der Waals surface area contributed by atoms with Crippen LogP contribution in [0.1, 0.15) is 32.8 Å². The predicted molar refractivity (Wildman–Crippen MR) is 87.5 cm³/mol. The summed E-state index contributed by atoms with van der Waals surface area (Å²) in [5.41, 5.74) is 1.22. The molecule has 1 aromatic carbocycles. The van der Waals surface area contributed by atoms with Crippen LogP contribution >= 0.6 is 0 Å². The van der Waals surface area contributed by atoms with E-state index in [0.717, 1.165) is 24.4 Å². The Balaban J connectivity index is 2.42. The summed E-state index contributed by atoms with van der Waals surface area (Å²) < 4.78 is 5.78. The Morgan fingerprint density at radius 3 is 2.71 bits per heavy atom. The Hall–Kier alpha value is -1.50. The fraction of sp³-hybridized carbons (Fsp3) is 0.556. The first-order valence-corrected chi connectivity index (χ1v) is 7.42. The lowest BCUT2D eigenvalue weighted by Gasteiger charge is -2.26. The summed E-state index contributed by atoms with van der Waals surface area (Å²) in [5.74, 6) is 6.77. The van der Waals surface area contributed by atoms with Gasteiger partial charge in [-0.05, 0) is 30.7 Å². The molecular formula is C18H27NO2. The van der Waals surface area contributed by atoms with E-state index in [2.05, 4.69) is 44.6 Å². The molecule has 0 radical (unpaired) electrons. The van der Waals surface area contributed by atoms with Gasteiger partial charge in [-0.25, -0.2) is 0 Å². The van der Waals surface area contributed by atoms with Gasteiger partial charge in [0, 0.05) is 25.1 Å². The van der Waals surface area contributed by atoms with Gasteiger partial charge < -0.3 is 14.7 Å². The molecule has 0 spiro atoms. The minimum atomic E-state index is 0.100. The van der Waals surface area contributed by atoms with Crippen molar-refractivity contribution in [1.82, 2.24) is 4.90 Å². The van der Waals surface area contributed by atoms with E-state index in [1.165, 1.54) is 0 Å². The van der Waals surface area contributed by atoms with E-state index in [-0.39, 0.29) is 6.61 Å². The van der Waals surface area contributed by atoms with Gasteiger partial charge >= 0.3 is 0 Å². The summed E-state index contributed by atoms with van der Waals surface area (Å²) in [7, 11) is 2.12. The SMILES string of the molecule is CN(CCOc1cccc(C#CCCO)c1)CC(C)(C)C. The topological polar surface area (TPSA) is 32.7 Å². The lowest BCUT2D eigenvalue weighted by atomic mass is 9.96. The molecule has 0 aliphatic rings. The zero-order valence-corrected chi connectivity index (χ0v) is 13.6. The molecule has 0 aliphatic heterocycles. The molecule has 21 heavy (non-hydrogen) atoms. The Kier molecular flexibility index (Phi) is 7.28. The minimum absolute atomic E-state index is 0.100. The molecule has 0 atom stereocenters. The highest BCUT2D eigenvalue weighted by Crippen LogP contribution is 2.15. The molecule has 1 N–H and O–H groups in total. The third-order valence-corrected chi connectivity index (χ3v) is 2.79. The van der Waals surface area contributed by atoms with E-state index >= 15 is 0 Å². The summed E-state index contributed by atoms with van der Waals surface area (Å²) in [4.78, 5) is 2.28. The van der Waals surface area contributed by atoms with Gasteiger partial charge in [0.25, 0.3) is 0 Å². The fourth-order valence-corrected chi connectivity index (χ4v) is 2.09. The van der Waals surface area contributed by atoms with E-state index in [4.69, 9.17) is 9.84 Å².